The van der Waals surface area contributed by atoms with Crippen LogP contribution in [-0.4, -0.2) is 34.3 Å². The number of amides is 1. The smallest absolute Gasteiger partial charge is 0.261 e. The highest BCUT2D eigenvalue weighted by atomic mass is 32.2. The molecule has 232 valence electrons. The van der Waals surface area contributed by atoms with Gasteiger partial charge >= 0.3 is 0 Å². The van der Waals surface area contributed by atoms with Gasteiger partial charge in [0.2, 0.25) is 0 Å². The molecule has 7 nitrogen and oxygen atoms in total. The summed E-state index contributed by atoms with van der Waals surface area (Å²) in [6.07, 6.45) is 2.85. The number of hydrogen-bond acceptors (Lipinski definition) is 5. The predicted octanol–water partition coefficient (Wildman–Crippen LogP) is 7.45. The summed E-state index contributed by atoms with van der Waals surface area (Å²) in [5, 5.41) is 0.755. The summed E-state index contributed by atoms with van der Waals surface area (Å²) in [6, 6.07) is 22.3. The molecule has 0 saturated carbocycles. The summed E-state index contributed by atoms with van der Waals surface area (Å²) >= 11 is -2.25. The van der Waals surface area contributed by atoms with E-state index in [-0.39, 0.29) is 10.5 Å². The van der Waals surface area contributed by atoms with Crippen molar-refractivity contribution in [1.82, 2.24) is 4.98 Å². The third-order valence-corrected chi connectivity index (χ3v) is 10.9. The molecule has 2 atom stereocenters. The molecule has 1 N–H and O–H groups in total. The minimum absolute atomic E-state index is 0.116. The number of pyridine rings is 1. The Morgan fingerprint density at radius 1 is 0.956 bits per heavy atom. The Bertz CT molecular complexity index is 2070. The average Bonchev–Trinajstić information content (AvgIpc) is 3.00. The van der Waals surface area contributed by atoms with Crippen molar-refractivity contribution in [2.45, 2.75) is 36.5 Å². The van der Waals surface area contributed by atoms with Crippen LogP contribution in [0.3, 0.4) is 0 Å². The van der Waals surface area contributed by atoms with Gasteiger partial charge in [0.15, 0.2) is 20.9 Å². The summed E-state index contributed by atoms with van der Waals surface area (Å²) in [5.41, 5.74) is 3.26. The van der Waals surface area contributed by atoms with Crippen LogP contribution in [0.4, 0.5) is 14.5 Å². The lowest BCUT2D eigenvalue weighted by molar-refractivity contribution is 0.0974. The number of carbonyl (C=O) groups excluding carboxylic acids is 1. The number of rotatable bonds is 8. The van der Waals surface area contributed by atoms with E-state index in [4.69, 9.17) is 0 Å². The van der Waals surface area contributed by atoms with E-state index in [0.717, 1.165) is 17.5 Å². The predicted molar refractivity (Wildman–Crippen MR) is 172 cm³/mol. The van der Waals surface area contributed by atoms with Gasteiger partial charge in [-0.15, -0.1) is 0 Å². The molecule has 0 saturated heterocycles. The van der Waals surface area contributed by atoms with E-state index >= 15 is 0 Å². The van der Waals surface area contributed by atoms with Crippen LogP contribution < -0.4 is 4.90 Å². The highest BCUT2D eigenvalue weighted by Gasteiger charge is 2.33. The number of halogens is 2. The van der Waals surface area contributed by atoms with Crippen molar-refractivity contribution in [3.63, 3.8) is 0 Å². The number of nitrogens with zero attached hydrogens (tertiary/aromatic N) is 2. The van der Waals surface area contributed by atoms with E-state index in [1.807, 2.05) is 30.3 Å². The van der Waals surface area contributed by atoms with Crippen molar-refractivity contribution >= 4 is 43.4 Å². The number of aromatic nitrogens is 1. The fourth-order valence-corrected chi connectivity index (χ4v) is 6.04. The highest BCUT2D eigenvalue weighted by Crippen LogP contribution is 2.38. The van der Waals surface area contributed by atoms with Crippen LogP contribution in [0.15, 0.2) is 102 Å². The molecule has 0 bridgehead atoms. The normalized spacial score (nSPS) is 13.4. The molecule has 0 aliphatic rings. The number of fused-ring (bicyclic) bond motifs is 1. The van der Waals surface area contributed by atoms with Crippen LogP contribution in [-0.2, 0) is 25.7 Å². The van der Waals surface area contributed by atoms with Crippen LogP contribution in [0.1, 0.15) is 48.3 Å². The molecule has 5 rings (SSSR count). The van der Waals surface area contributed by atoms with Crippen LogP contribution in [0, 0.1) is 11.6 Å². The Hall–Kier alpha value is -4.32. The molecule has 0 aliphatic carbocycles. The maximum atomic E-state index is 14.9. The number of anilines is 1. The largest absolute Gasteiger partial charge is 0.302 e. The molecule has 1 aromatic heterocycles. The van der Waals surface area contributed by atoms with Gasteiger partial charge in [-0.1, -0.05) is 24.3 Å². The van der Waals surface area contributed by atoms with Crippen LogP contribution in [0.2, 0.25) is 0 Å². The van der Waals surface area contributed by atoms with Gasteiger partial charge < -0.3 is 9.45 Å². The second-order valence-corrected chi connectivity index (χ2v) is 14.8. The average molecular weight is 649 g/mol. The monoisotopic (exact) mass is 648 g/mol. The summed E-state index contributed by atoms with van der Waals surface area (Å²) in [5.74, 6) is -2.59. The molecule has 1 amide bonds. The van der Waals surface area contributed by atoms with Gasteiger partial charge in [0.05, 0.1) is 26.8 Å². The summed E-state index contributed by atoms with van der Waals surface area (Å²) in [4.78, 5) is 19.9. The third-order valence-electron chi connectivity index (χ3n) is 8.09. The lowest BCUT2D eigenvalue weighted by Gasteiger charge is -2.30. The minimum atomic E-state index is -3.49. The fourth-order valence-electron chi connectivity index (χ4n) is 5.12. The van der Waals surface area contributed by atoms with Gasteiger partial charge in [0.25, 0.3) is 5.91 Å². The Labute approximate surface area is 262 Å². The van der Waals surface area contributed by atoms with Crippen molar-refractivity contribution < 1.29 is 30.8 Å². The number of hydrogen-bond donors (Lipinski definition) is 1. The van der Waals surface area contributed by atoms with Gasteiger partial charge in [-0.05, 0) is 98.1 Å². The summed E-state index contributed by atoms with van der Waals surface area (Å²) < 4.78 is 73.9. The van der Waals surface area contributed by atoms with Crippen molar-refractivity contribution in [3.05, 3.63) is 126 Å². The number of carbonyl (C=O) groups is 1. The molecule has 1 heterocycles. The second kappa shape index (κ2) is 12.2. The molecule has 4 aromatic carbocycles. The quantitative estimate of drug-likeness (QED) is 0.175. The summed E-state index contributed by atoms with van der Waals surface area (Å²) in [7, 11) is -3.49. The van der Waals surface area contributed by atoms with Crippen LogP contribution >= 0.6 is 0 Å². The van der Waals surface area contributed by atoms with Gasteiger partial charge in [0, 0.05) is 35.2 Å². The van der Waals surface area contributed by atoms with E-state index in [9.17, 15) is 30.8 Å². The summed E-state index contributed by atoms with van der Waals surface area (Å²) in [6.45, 7) is 5.05. The first-order valence-corrected chi connectivity index (χ1v) is 16.9. The van der Waals surface area contributed by atoms with Crippen molar-refractivity contribution in [1.29, 1.82) is 0 Å². The first-order valence-electron chi connectivity index (χ1n) is 13.9. The molecule has 0 spiro atoms. The highest BCUT2D eigenvalue weighted by molar-refractivity contribution is 7.91. The Morgan fingerprint density at radius 3 is 2.31 bits per heavy atom. The Kier molecular flexibility index (Phi) is 8.72. The third kappa shape index (κ3) is 6.28. The number of benzene rings is 4. The zero-order valence-corrected chi connectivity index (χ0v) is 26.5. The van der Waals surface area contributed by atoms with E-state index in [2.05, 4.69) is 4.98 Å². The lowest BCUT2D eigenvalue weighted by Crippen LogP contribution is -2.34. The van der Waals surface area contributed by atoms with Gasteiger partial charge in [-0.25, -0.2) is 21.4 Å². The van der Waals surface area contributed by atoms with Crippen molar-refractivity contribution in [2.75, 3.05) is 11.2 Å². The maximum Gasteiger partial charge on any atom is 0.261 e. The molecule has 0 radical (unpaired) electrons. The van der Waals surface area contributed by atoms with E-state index in [0.29, 0.717) is 39.5 Å². The zero-order valence-electron chi connectivity index (χ0n) is 24.9. The van der Waals surface area contributed by atoms with E-state index < -0.39 is 49.2 Å². The molecular weight excluding hydrogens is 619 g/mol. The Balaban J connectivity index is 1.66. The first-order chi connectivity index (χ1) is 21.2. The standard InChI is InChI=1S/C34H30F2N2O5S2/c1-21(38(27-11-13-28(14-12-27)44(40)41)33(39)29-15-10-26(35)20-31(29)36)22-7-5-8-23(17-22)30-19-25(34(2,3)45(4,42)43)18-24-9-6-16-37-32(24)30/h5-21H,1-4H3,(H,40,41). The molecular formula is C34H30F2N2O5S2. The molecule has 11 heteroatoms. The molecule has 0 aliphatic heterocycles. The maximum absolute atomic E-state index is 14.9. The minimum Gasteiger partial charge on any atom is -0.302 e. The second-order valence-electron chi connectivity index (χ2n) is 11.2. The molecule has 5 aromatic rings. The van der Waals surface area contributed by atoms with Crippen molar-refractivity contribution in [2.24, 2.45) is 0 Å². The van der Waals surface area contributed by atoms with Gasteiger partial charge in [-0.3, -0.25) is 9.78 Å². The SMILES string of the molecule is CC(c1cccc(-c2cc(C(C)(C)S(C)(=O)=O)cc3cccnc23)c1)N(C(=O)c1ccc(F)cc1F)c1ccc(S(=O)O)cc1. The fraction of sp³-hybridized carbons (Fsp3) is 0.176. The van der Waals surface area contributed by atoms with E-state index in [1.165, 1.54) is 35.4 Å². The van der Waals surface area contributed by atoms with Crippen molar-refractivity contribution in [3.8, 4) is 11.1 Å². The van der Waals surface area contributed by atoms with E-state index in [1.54, 1.807) is 45.2 Å². The van der Waals surface area contributed by atoms with Gasteiger partial charge in [0.1, 0.15) is 11.6 Å². The number of sulfone groups is 1. The van der Waals surface area contributed by atoms with Gasteiger partial charge in [-0.2, -0.15) is 0 Å². The zero-order chi connectivity index (χ0) is 32.7. The molecule has 0 fully saturated rings. The Morgan fingerprint density at radius 2 is 1.67 bits per heavy atom. The first kappa shape index (κ1) is 32.1. The molecule has 2 unspecified atom stereocenters. The van der Waals surface area contributed by atoms with Crippen LogP contribution in [0.25, 0.3) is 22.0 Å². The molecule has 45 heavy (non-hydrogen) atoms. The topological polar surface area (TPSA) is 105 Å². The van der Waals surface area contributed by atoms with Crippen LogP contribution in [0.5, 0.6) is 0 Å². The lowest BCUT2D eigenvalue weighted by atomic mass is 9.92.